The number of esters is 1. The smallest absolute Gasteiger partial charge is 0.307 e. The molecule has 0 fully saturated rings. The topological polar surface area (TPSA) is 86.1 Å². The first-order chi connectivity index (χ1) is 15.3. The highest BCUT2D eigenvalue weighted by molar-refractivity contribution is 7.99. The Morgan fingerprint density at radius 1 is 1.16 bits per heavy atom. The lowest BCUT2D eigenvalue weighted by molar-refractivity contribution is -0.141. The largest absolute Gasteiger partial charge is 0.469 e. The number of thioether (sulfide) groups is 1. The molecule has 2 aromatic carbocycles. The summed E-state index contributed by atoms with van der Waals surface area (Å²) in [5.74, 6) is 0.150. The molecule has 1 N–H and O–H groups in total. The first kappa shape index (κ1) is 23.8. The number of amides is 1. The van der Waals surface area contributed by atoms with Gasteiger partial charge in [-0.3, -0.25) is 14.2 Å². The molecule has 1 amide bonds. The molecule has 1 aromatic heterocycles. The molecule has 1 heterocycles. The Morgan fingerprint density at radius 3 is 2.62 bits per heavy atom. The number of carbonyl (C=O) groups is 2. The van der Waals surface area contributed by atoms with Crippen molar-refractivity contribution in [2.24, 2.45) is 0 Å². The molecule has 0 aliphatic carbocycles. The average Bonchev–Trinajstić information content (AvgIpc) is 3.14. The molecule has 9 heteroatoms. The highest BCUT2D eigenvalue weighted by atomic mass is 35.5. The fraction of sp³-hybridized carbons (Fsp3) is 0.304. The summed E-state index contributed by atoms with van der Waals surface area (Å²) in [6, 6.07) is 12.7. The van der Waals surface area contributed by atoms with E-state index in [4.69, 9.17) is 16.3 Å². The standard InChI is InChI=1S/C23H25ClN4O3S/c1-14-9-10-15(2)20(11-14)28-16(3)26-27-23(28)32-13-21(29)25-19(12-22(30)31-4)17-7-5-6-8-18(17)24/h5-11,19H,12-13H2,1-4H3,(H,25,29). The van der Waals surface area contributed by atoms with Crippen LogP contribution in [0.15, 0.2) is 47.6 Å². The van der Waals surface area contributed by atoms with Gasteiger partial charge in [0.05, 0.1) is 31.0 Å². The molecule has 7 nitrogen and oxygen atoms in total. The maximum Gasteiger partial charge on any atom is 0.307 e. The fourth-order valence-corrected chi connectivity index (χ4v) is 4.36. The van der Waals surface area contributed by atoms with Gasteiger partial charge in [0, 0.05) is 5.02 Å². The molecule has 1 unspecified atom stereocenters. The summed E-state index contributed by atoms with van der Waals surface area (Å²) < 4.78 is 6.73. The van der Waals surface area contributed by atoms with Gasteiger partial charge >= 0.3 is 5.97 Å². The van der Waals surface area contributed by atoms with E-state index in [9.17, 15) is 9.59 Å². The summed E-state index contributed by atoms with van der Waals surface area (Å²) in [5.41, 5.74) is 3.85. The number of benzene rings is 2. The summed E-state index contributed by atoms with van der Waals surface area (Å²) in [7, 11) is 1.31. The van der Waals surface area contributed by atoms with Crippen LogP contribution in [0.1, 0.15) is 35.0 Å². The molecule has 1 atom stereocenters. The van der Waals surface area contributed by atoms with Crippen molar-refractivity contribution < 1.29 is 14.3 Å². The van der Waals surface area contributed by atoms with E-state index in [2.05, 4.69) is 27.6 Å². The first-order valence-corrected chi connectivity index (χ1v) is 11.4. The van der Waals surface area contributed by atoms with Crippen molar-refractivity contribution in [2.45, 2.75) is 38.4 Å². The van der Waals surface area contributed by atoms with Gasteiger partial charge in [-0.15, -0.1) is 10.2 Å². The van der Waals surface area contributed by atoms with Gasteiger partial charge in [0.1, 0.15) is 5.82 Å². The summed E-state index contributed by atoms with van der Waals surface area (Å²) in [5, 5.41) is 12.4. The summed E-state index contributed by atoms with van der Waals surface area (Å²) in [4.78, 5) is 24.7. The molecule has 3 aromatic rings. The molecule has 32 heavy (non-hydrogen) atoms. The number of hydrogen-bond acceptors (Lipinski definition) is 6. The van der Waals surface area contributed by atoms with Crippen LogP contribution >= 0.6 is 23.4 Å². The van der Waals surface area contributed by atoms with Gasteiger partial charge in [-0.25, -0.2) is 0 Å². The van der Waals surface area contributed by atoms with E-state index in [1.54, 1.807) is 18.2 Å². The van der Waals surface area contributed by atoms with Crippen LogP contribution in [0, 0.1) is 20.8 Å². The minimum atomic E-state index is -0.595. The first-order valence-electron chi connectivity index (χ1n) is 10.0. The normalized spacial score (nSPS) is 11.8. The molecular weight excluding hydrogens is 448 g/mol. The summed E-state index contributed by atoms with van der Waals surface area (Å²) >= 11 is 7.57. The van der Waals surface area contributed by atoms with Crippen LogP contribution < -0.4 is 5.32 Å². The van der Waals surface area contributed by atoms with Crippen LogP contribution in [0.5, 0.6) is 0 Å². The Hall–Kier alpha value is -2.84. The minimum Gasteiger partial charge on any atom is -0.469 e. The van der Waals surface area contributed by atoms with E-state index in [1.807, 2.05) is 37.5 Å². The lowest BCUT2D eigenvalue weighted by Crippen LogP contribution is -2.32. The highest BCUT2D eigenvalue weighted by Crippen LogP contribution is 2.27. The van der Waals surface area contributed by atoms with Gasteiger partial charge < -0.3 is 10.1 Å². The lowest BCUT2D eigenvalue weighted by atomic mass is 10.0. The van der Waals surface area contributed by atoms with Crippen LogP contribution in [-0.4, -0.2) is 39.5 Å². The van der Waals surface area contributed by atoms with Crippen molar-refractivity contribution in [1.82, 2.24) is 20.1 Å². The van der Waals surface area contributed by atoms with Crippen molar-refractivity contribution in [1.29, 1.82) is 0 Å². The molecule has 0 radical (unpaired) electrons. The van der Waals surface area contributed by atoms with Crippen LogP contribution in [0.2, 0.25) is 5.02 Å². The zero-order chi connectivity index (χ0) is 23.3. The zero-order valence-corrected chi connectivity index (χ0v) is 20.0. The van der Waals surface area contributed by atoms with E-state index in [-0.39, 0.29) is 18.1 Å². The average molecular weight is 473 g/mol. The number of rotatable bonds is 8. The second-order valence-electron chi connectivity index (χ2n) is 7.37. The quantitative estimate of drug-likeness (QED) is 0.387. The Balaban J connectivity index is 1.76. The third kappa shape index (κ3) is 5.69. The van der Waals surface area contributed by atoms with E-state index >= 15 is 0 Å². The Bertz CT molecular complexity index is 1130. The van der Waals surface area contributed by atoms with Gasteiger partial charge in [-0.2, -0.15) is 0 Å². The number of hydrogen-bond donors (Lipinski definition) is 1. The maximum absolute atomic E-state index is 12.8. The van der Waals surface area contributed by atoms with E-state index in [0.717, 1.165) is 22.6 Å². The third-order valence-electron chi connectivity index (χ3n) is 4.95. The lowest BCUT2D eigenvalue weighted by Gasteiger charge is -2.19. The molecule has 168 valence electrons. The molecular formula is C23H25ClN4O3S. The van der Waals surface area contributed by atoms with Crippen molar-refractivity contribution in [3.05, 3.63) is 70.0 Å². The number of carbonyl (C=O) groups excluding carboxylic acids is 2. The maximum atomic E-state index is 12.8. The monoisotopic (exact) mass is 472 g/mol. The molecule has 0 saturated heterocycles. The number of ether oxygens (including phenoxy) is 1. The Labute approximate surface area is 196 Å². The highest BCUT2D eigenvalue weighted by Gasteiger charge is 2.22. The van der Waals surface area contributed by atoms with Gasteiger partial charge in [-0.1, -0.05) is 53.7 Å². The van der Waals surface area contributed by atoms with Crippen LogP contribution in [0.3, 0.4) is 0 Å². The van der Waals surface area contributed by atoms with Crippen LogP contribution in [0.25, 0.3) is 5.69 Å². The van der Waals surface area contributed by atoms with Crippen molar-refractivity contribution in [3.8, 4) is 5.69 Å². The van der Waals surface area contributed by atoms with Crippen LogP contribution in [0.4, 0.5) is 0 Å². The number of halogens is 1. The van der Waals surface area contributed by atoms with E-state index in [1.165, 1.54) is 18.9 Å². The van der Waals surface area contributed by atoms with Crippen molar-refractivity contribution in [3.63, 3.8) is 0 Å². The summed E-state index contributed by atoms with van der Waals surface area (Å²) in [6.07, 6.45) is -0.0194. The van der Waals surface area contributed by atoms with Gasteiger partial charge in [-0.05, 0) is 49.6 Å². The summed E-state index contributed by atoms with van der Waals surface area (Å²) in [6.45, 7) is 5.93. The number of aryl methyl sites for hydroxylation is 3. The van der Waals surface area contributed by atoms with E-state index < -0.39 is 12.0 Å². The van der Waals surface area contributed by atoms with Crippen molar-refractivity contribution >= 4 is 35.2 Å². The number of aromatic nitrogens is 3. The van der Waals surface area contributed by atoms with Crippen LogP contribution in [-0.2, 0) is 14.3 Å². The molecule has 0 aliphatic heterocycles. The van der Waals surface area contributed by atoms with Crippen molar-refractivity contribution in [2.75, 3.05) is 12.9 Å². The molecule has 0 bridgehead atoms. The zero-order valence-electron chi connectivity index (χ0n) is 18.4. The second-order valence-corrected chi connectivity index (χ2v) is 8.72. The Morgan fingerprint density at radius 2 is 1.91 bits per heavy atom. The second kappa shape index (κ2) is 10.7. The predicted octanol–water partition coefficient (Wildman–Crippen LogP) is 4.36. The van der Waals surface area contributed by atoms with Gasteiger partial charge in [0.2, 0.25) is 5.91 Å². The fourth-order valence-electron chi connectivity index (χ4n) is 3.29. The number of methoxy groups -OCH3 is 1. The molecule has 0 aliphatic rings. The van der Waals surface area contributed by atoms with Gasteiger partial charge in [0.25, 0.3) is 0 Å². The minimum absolute atomic E-state index is 0.0194. The Kier molecular flexibility index (Phi) is 7.93. The van der Waals surface area contributed by atoms with Gasteiger partial charge in [0.15, 0.2) is 5.16 Å². The third-order valence-corrected chi connectivity index (χ3v) is 6.22. The molecule has 0 saturated carbocycles. The number of nitrogens with zero attached hydrogens (tertiary/aromatic N) is 3. The van der Waals surface area contributed by atoms with E-state index in [0.29, 0.717) is 15.7 Å². The number of nitrogens with one attached hydrogen (secondary N) is 1. The molecule has 0 spiro atoms. The SMILES string of the molecule is COC(=O)CC(NC(=O)CSc1nnc(C)n1-c1cc(C)ccc1C)c1ccccc1Cl. The molecule has 3 rings (SSSR count). The predicted molar refractivity (Wildman–Crippen MR) is 125 cm³/mol.